The zero-order chi connectivity index (χ0) is 22.7. The van der Waals surface area contributed by atoms with Gasteiger partial charge in [0.2, 0.25) is 0 Å². The van der Waals surface area contributed by atoms with Crippen LogP contribution in [0.4, 0.5) is 5.69 Å². The van der Waals surface area contributed by atoms with E-state index in [4.69, 9.17) is 4.74 Å². The quantitative estimate of drug-likeness (QED) is 0.238. The largest absolute Gasteiger partial charge is 0.507 e. The van der Waals surface area contributed by atoms with Gasteiger partial charge in [0.25, 0.3) is 17.4 Å². The zero-order valence-corrected chi connectivity index (χ0v) is 17.4. The number of amides is 1. The molecule has 0 aromatic heterocycles. The number of carbonyl (C=O) groups is 2. The van der Waals surface area contributed by atoms with Crippen LogP contribution in [0.1, 0.15) is 17.2 Å². The summed E-state index contributed by atoms with van der Waals surface area (Å²) in [6.45, 7) is 0.740. The predicted molar refractivity (Wildman–Crippen MR) is 114 cm³/mol. The Morgan fingerprint density at radius 1 is 1.19 bits per heavy atom. The Morgan fingerprint density at radius 2 is 1.87 bits per heavy atom. The van der Waals surface area contributed by atoms with Crippen molar-refractivity contribution in [2.75, 3.05) is 34.3 Å². The molecule has 0 unspecified atom stereocenters. The van der Waals surface area contributed by atoms with E-state index < -0.39 is 22.7 Å². The fraction of sp³-hybridized carbons (Fsp3) is 0.273. The van der Waals surface area contributed by atoms with Crippen molar-refractivity contribution in [2.45, 2.75) is 6.04 Å². The summed E-state index contributed by atoms with van der Waals surface area (Å²) in [5, 5.41) is 22.0. The summed E-state index contributed by atoms with van der Waals surface area (Å²) in [6, 6.07) is 11.3. The molecule has 0 aliphatic carbocycles. The lowest BCUT2D eigenvalue weighted by molar-refractivity contribution is -0.384. The predicted octanol–water partition coefficient (Wildman–Crippen LogP) is 2.59. The Bertz CT molecular complexity index is 1050. The van der Waals surface area contributed by atoms with Gasteiger partial charge in [-0.2, -0.15) is 0 Å². The number of rotatable bonds is 7. The van der Waals surface area contributed by atoms with E-state index in [0.717, 1.165) is 0 Å². The van der Waals surface area contributed by atoms with E-state index in [2.05, 4.69) is 0 Å². The molecule has 0 bridgehead atoms. The van der Waals surface area contributed by atoms with Crippen LogP contribution in [0, 0.1) is 10.1 Å². The first-order valence-corrected chi connectivity index (χ1v) is 9.56. The number of nitrogens with zero attached hydrogens (tertiary/aromatic N) is 3. The molecule has 0 saturated carbocycles. The standard InChI is InChI=1S/C22H23N3O6/c1-23(2)11-12-24-19(14-7-9-16(10-8-14)25(29)30)18(21(27)22(24)28)20(26)15-5-4-6-17(13-15)31-3/h4-10,13,19,26H,11-12H2,1-3H3/t19-/m1/s1. The van der Waals surface area contributed by atoms with E-state index >= 15 is 0 Å². The van der Waals surface area contributed by atoms with E-state index in [1.54, 1.807) is 24.3 Å². The number of Topliss-reactive ketones (excluding diaryl/α,β-unsaturated/α-hetero) is 1. The number of aliphatic hydroxyl groups is 1. The molecule has 3 rings (SSSR count). The van der Waals surface area contributed by atoms with E-state index in [9.17, 15) is 24.8 Å². The molecule has 31 heavy (non-hydrogen) atoms. The molecule has 1 heterocycles. The number of likely N-dealkylation sites (tertiary alicyclic amines) is 1. The first-order chi connectivity index (χ1) is 14.7. The van der Waals surface area contributed by atoms with Crippen LogP contribution in [0.5, 0.6) is 5.75 Å². The van der Waals surface area contributed by atoms with Gasteiger partial charge < -0.3 is 19.6 Å². The molecule has 0 spiro atoms. The number of methoxy groups -OCH3 is 1. The first-order valence-electron chi connectivity index (χ1n) is 9.56. The summed E-state index contributed by atoms with van der Waals surface area (Å²) < 4.78 is 5.18. The molecular formula is C22H23N3O6. The number of ketones is 1. The molecule has 2 aromatic rings. The number of nitro groups is 1. The second-order valence-corrected chi connectivity index (χ2v) is 7.38. The van der Waals surface area contributed by atoms with Crippen molar-refractivity contribution < 1.29 is 24.4 Å². The number of hydrogen-bond acceptors (Lipinski definition) is 7. The highest BCUT2D eigenvalue weighted by Gasteiger charge is 2.46. The van der Waals surface area contributed by atoms with Gasteiger partial charge in [-0.15, -0.1) is 0 Å². The first kappa shape index (κ1) is 22.0. The fourth-order valence-electron chi connectivity index (χ4n) is 3.47. The van der Waals surface area contributed by atoms with Crippen molar-refractivity contribution in [3.63, 3.8) is 0 Å². The number of hydrogen-bond donors (Lipinski definition) is 1. The third-order valence-electron chi connectivity index (χ3n) is 5.09. The van der Waals surface area contributed by atoms with Crippen LogP contribution in [0.3, 0.4) is 0 Å². The molecule has 1 aliphatic heterocycles. The number of likely N-dealkylation sites (N-methyl/N-ethyl adjacent to an activating group) is 1. The third-order valence-corrected chi connectivity index (χ3v) is 5.09. The van der Waals surface area contributed by atoms with Crippen LogP contribution >= 0.6 is 0 Å². The smallest absolute Gasteiger partial charge is 0.295 e. The molecular weight excluding hydrogens is 402 g/mol. The monoisotopic (exact) mass is 425 g/mol. The normalized spacial score (nSPS) is 17.9. The van der Waals surface area contributed by atoms with Crippen LogP contribution in [0.2, 0.25) is 0 Å². The van der Waals surface area contributed by atoms with Gasteiger partial charge in [-0.3, -0.25) is 19.7 Å². The van der Waals surface area contributed by atoms with Crippen LogP contribution in [-0.2, 0) is 9.59 Å². The molecule has 1 fully saturated rings. The number of non-ortho nitro benzene ring substituents is 1. The van der Waals surface area contributed by atoms with Crippen molar-refractivity contribution in [3.8, 4) is 5.75 Å². The number of ether oxygens (including phenoxy) is 1. The average Bonchev–Trinajstić information content (AvgIpc) is 3.01. The van der Waals surface area contributed by atoms with Gasteiger partial charge in [-0.25, -0.2) is 0 Å². The Labute approximate surface area is 179 Å². The van der Waals surface area contributed by atoms with Gasteiger partial charge in [0.1, 0.15) is 11.5 Å². The lowest BCUT2D eigenvalue weighted by Crippen LogP contribution is -2.35. The topological polar surface area (TPSA) is 113 Å². The molecule has 1 N–H and O–H groups in total. The summed E-state index contributed by atoms with van der Waals surface area (Å²) in [4.78, 5) is 39.5. The molecule has 1 saturated heterocycles. The molecule has 1 atom stereocenters. The van der Waals surface area contributed by atoms with Gasteiger partial charge in [0.15, 0.2) is 0 Å². The van der Waals surface area contributed by atoms with E-state index in [-0.39, 0.29) is 23.6 Å². The molecule has 2 aromatic carbocycles. The van der Waals surface area contributed by atoms with E-state index in [1.807, 2.05) is 19.0 Å². The third kappa shape index (κ3) is 4.41. The number of benzene rings is 2. The van der Waals surface area contributed by atoms with Crippen molar-refractivity contribution in [1.82, 2.24) is 9.80 Å². The lowest BCUT2D eigenvalue weighted by Gasteiger charge is -2.26. The summed E-state index contributed by atoms with van der Waals surface area (Å²) >= 11 is 0. The van der Waals surface area contributed by atoms with Crippen LogP contribution in [0.25, 0.3) is 5.76 Å². The van der Waals surface area contributed by atoms with Gasteiger partial charge in [-0.1, -0.05) is 12.1 Å². The van der Waals surface area contributed by atoms with Crippen LogP contribution in [-0.4, -0.2) is 65.8 Å². The highest BCUT2D eigenvalue weighted by atomic mass is 16.6. The van der Waals surface area contributed by atoms with Crippen molar-refractivity contribution in [2.24, 2.45) is 0 Å². The zero-order valence-electron chi connectivity index (χ0n) is 17.4. The Balaban J connectivity index is 2.15. The van der Waals surface area contributed by atoms with Crippen molar-refractivity contribution in [1.29, 1.82) is 0 Å². The van der Waals surface area contributed by atoms with Crippen molar-refractivity contribution in [3.05, 3.63) is 75.3 Å². The number of nitro benzene ring substituents is 1. The minimum absolute atomic E-state index is 0.0640. The summed E-state index contributed by atoms with van der Waals surface area (Å²) in [5.41, 5.74) is 0.650. The maximum absolute atomic E-state index is 12.9. The van der Waals surface area contributed by atoms with Gasteiger partial charge in [0, 0.05) is 30.8 Å². The molecule has 1 aliphatic rings. The Morgan fingerprint density at radius 3 is 2.45 bits per heavy atom. The molecule has 9 nitrogen and oxygen atoms in total. The minimum Gasteiger partial charge on any atom is -0.507 e. The highest BCUT2D eigenvalue weighted by Crippen LogP contribution is 2.40. The lowest BCUT2D eigenvalue weighted by atomic mass is 9.95. The average molecular weight is 425 g/mol. The molecule has 0 radical (unpaired) electrons. The van der Waals surface area contributed by atoms with Gasteiger partial charge >= 0.3 is 0 Å². The van der Waals surface area contributed by atoms with Crippen LogP contribution < -0.4 is 4.74 Å². The highest BCUT2D eigenvalue weighted by molar-refractivity contribution is 6.46. The maximum atomic E-state index is 12.9. The van der Waals surface area contributed by atoms with E-state index in [1.165, 1.54) is 36.3 Å². The molecule has 1 amide bonds. The number of aliphatic hydroxyl groups excluding tert-OH is 1. The second kappa shape index (κ2) is 8.97. The van der Waals surface area contributed by atoms with E-state index in [0.29, 0.717) is 23.4 Å². The fourth-order valence-corrected chi connectivity index (χ4v) is 3.47. The number of carbonyl (C=O) groups excluding carboxylic acids is 2. The SMILES string of the molecule is COc1cccc(C(O)=C2C(=O)C(=O)N(CCN(C)C)[C@@H]2c2ccc([N+](=O)[O-])cc2)c1. The summed E-state index contributed by atoms with van der Waals surface area (Å²) in [7, 11) is 5.16. The maximum Gasteiger partial charge on any atom is 0.295 e. The van der Waals surface area contributed by atoms with Crippen LogP contribution in [0.15, 0.2) is 54.1 Å². The summed E-state index contributed by atoms with van der Waals surface area (Å²) in [6.07, 6.45) is 0. The van der Waals surface area contributed by atoms with Gasteiger partial charge in [-0.05, 0) is 43.9 Å². The Hall–Kier alpha value is -3.72. The molecule has 9 heteroatoms. The van der Waals surface area contributed by atoms with Crippen molar-refractivity contribution >= 4 is 23.1 Å². The molecule has 162 valence electrons. The minimum atomic E-state index is -0.869. The Kier molecular flexibility index (Phi) is 6.36. The second-order valence-electron chi connectivity index (χ2n) is 7.38. The van der Waals surface area contributed by atoms with Gasteiger partial charge in [0.05, 0.1) is 23.6 Å². The summed E-state index contributed by atoms with van der Waals surface area (Å²) in [5.74, 6) is -1.37.